The van der Waals surface area contributed by atoms with Crippen LogP contribution >= 0.6 is 7.29 Å². The van der Waals surface area contributed by atoms with Crippen molar-refractivity contribution in [3.8, 4) is 0 Å². The molecule has 0 heterocycles. The summed E-state index contributed by atoms with van der Waals surface area (Å²) in [6.45, 7) is 5.93. The SMILES string of the molecule is CC(C)(C)[P@@](=O)(/N=C\c1ccccc1)c1ccccc1. The molecule has 0 bridgehead atoms. The minimum Gasteiger partial charge on any atom is -0.293 e. The van der Waals surface area contributed by atoms with Crippen LogP contribution in [0.4, 0.5) is 0 Å². The van der Waals surface area contributed by atoms with Crippen LogP contribution in [0.3, 0.4) is 0 Å². The summed E-state index contributed by atoms with van der Waals surface area (Å²) in [4.78, 5) is 0. The highest BCUT2D eigenvalue weighted by Gasteiger charge is 2.37. The lowest BCUT2D eigenvalue weighted by atomic mass is 10.2. The summed E-state index contributed by atoms with van der Waals surface area (Å²) in [6, 6.07) is 19.3. The van der Waals surface area contributed by atoms with Crippen LogP contribution in [0.25, 0.3) is 0 Å². The highest BCUT2D eigenvalue weighted by Crippen LogP contribution is 2.57. The highest BCUT2D eigenvalue weighted by molar-refractivity contribution is 7.71. The summed E-state index contributed by atoms with van der Waals surface area (Å²) < 4.78 is 17.9. The van der Waals surface area contributed by atoms with E-state index in [0.717, 1.165) is 10.9 Å². The molecule has 2 aromatic carbocycles. The predicted octanol–water partition coefficient (Wildman–Crippen LogP) is 4.51. The number of nitrogens with zero attached hydrogens (tertiary/aromatic N) is 1. The molecule has 0 aliphatic rings. The number of hydrogen-bond donors (Lipinski definition) is 0. The minimum absolute atomic E-state index is 0.403. The molecule has 2 aromatic rings. The topological polar surface area (TPSA) is 29.4 Å². The van der Waals surface area contributed by atoms with Crippen molar-refractivity contribution in [2.75, 3.05) is 0 Å². The molecule has 0 unspecified atom stereocenters. The average molecular weight is 285 g/mol. The molecule has 0 spiro atoms. The van der Waals surface area contributed by atoms with E-state index in [0.29, 0.717) is 0 Å². The van der Waals surface area contributed by atoms with Gasteiger partial charge in [0.25, 0.3) is 0 Å². The zero-order valence-electron chi connectivity index (χ0n) is 12.2. The van der Waals surface area contributed by atoms with Gasteiger partial charge in [-0.05, 0) is 17.7 Å². The van der Waals surface area contributed by atoms with E-state index < -0.39 is 12.4 Å². The van der Waals surface area contributed by atoms with Crippen LogP contribution < -0.4 is 5.30 Å². The van der Waals surface area contributed by atoms with Gasteiger partial charge < -0.3 is 0 Å². The molecule has 0 saturated carbocycles. The van der Waals surface area contributed by atoms with Gasteiger partial charge in [0.15, 0.2) is 0 Å². The Bertz CT molecular complexity index is 627. The van der Waals surface area contributed by atoms with Gasteiger partial charge in [-0.15, -0.1) is 0 Å². The first-order valence-corrected chi connectivity index (χ1v) is 8.36. The monoisotopic (exact) mass is 285 g/mol. The summed E-state index contributed by atoms with van der Waals surface area (Å²) >= 11 is 0. The fourth-order valence-electron chi connectivity index (χ4n) is 1.94. The van der Waals surface area contributed by atoms with Crippen molar-refractivity contribution in [1.29, 1.82) is 0 Å². The molecule has 2 nitrogen and oxygen atoms in total. The standard InChI is InChI=1S/C17H20NOP/c1-17(2,3)20(19,16-12-8-5-9-13-16)18-14-15-10-6-4-7-11-15/h4-14H,1-3H3/b18-14-/t20-/m1/s1. The van der Waals surface area contributed by atoms with Crippen molar-refractivity contribution in [2.24, 2.45) is 4.76 Å². The first kappa shape index (κ1) is 14.7. The quantitative estimate of drug-likeness (QED) is 0.602. The molecule has 0 fully saturated rings. The third-order valence-electron chi connectivity index (χ3n) is 3.18. The van der Waals surface area contributed by atoms with Gasteiger partial charge in [-0.1, -0.05) is 69.3 Å². The molecule has 20 heavy (non-hydrogen) atoms. The van der Waals surface area contributed by atoms with Gasteiger partial charge in [-0.25, -0.2) is 4.76 Å². The van der Waals surface area contributed by atoms with Crippen LogP contribution in [0.2, 0.25) is 0 Å². The number of hydrogen-bond acceptors (Lipinski definition) is 1. The lowest BCUT2D eigenvalue weighted by Gasteiger charge is -2.27. The van der Waals surface area contributed by atoms with Crippen molar-refractivity contribution in [3.63, 3.8) is 0 Å². The highest BCUT2D eigenvalue weighted by atomic mass is 31.2. The molecule has 0 amide bonds. The van der Waals surface area contributed by atoms with Gasteiger partial charge in [0.1, 0.15) is 0 Å². The molecule has 1 atom stereocenters. The second-order valence-corrected chi connectivity index (χ2v) is 8.98. The Labute approximate surface area is 121 Å². The van der Waals surface area contributed by atoms with Gasteiger partial charge in [0, 0.05) is 16.7 Å². The summed E-state index contributed by atoms with van der Waals surface area (Å²) in [5.74, 6) is 0. The molecular formula is C17H20NOP. The van der Waals surface area contributed by atoms with Crippen LogP contribution in [0.1, 0.15) is 26.3 Å². The van der Waals surface area contributed by atoms with Crippen molar-refractivity contribution in [3.05, 3.63) is 66.2 Å². The van der Waals surface area contributed by atoms with E-state index in [1.165, 1.54) is 0 Å². The van der Waals surface area contributed by atoms with E-state index in [4.69, 9.17) is 0 Å². The summed E-state index contributed by atoms with van der Waals surface area (Å²) in [5.41, 5.74) is 0.966. The van der Waals surface area contributed by atoms with E-state index in [1.54, 1.807) is 6.21 Å². The van der Waals surface area contributed by atoms with Crippen molar-refractivity contribution < 1.29 is 4.57 Å². The van der Waals surface area contributed by atoms with Crippen LogP contribution in [0.15, 0.2) is 65.4 Å². The lowest BCUT2D eigenvalue weighted by Crippen LogP contribution is -2.21. The maximum absolute atomic E-state index is 13.4. The van der Waals surface area contributed by atoms with Gasteiger partial charge in [-0.2, -0.15) is 0 Å². The lowest BCUT2D eigenvalue weighted by molar-refractivity contribution is 0.557. The Morgan fingerprint density at radius 3 is 1.90 bits per heavy atom. The van der Waals surface area contributed by atoms with E-state index in [1.807, 2.05) is 81.4 Å². The molecule has 0 saturated heterocycles. The Balaban J connectivity index is 2.45. The van der Waals surface area contributed by atoms with Gasteiger partial charge in [0.2, 0.25) is 7.29 Å². The zero-order valence-corrected chi connectivity index (χ0v) is 13.0. The first-order valence-electron chi connectivity index (χ1n) is 6.70. The summed E-state index contributed by atoms with van der Waals surface area (Å²) in [5, 5.41) is 0.402. The molecule has 2 rings (SSSR count). The second kappa shape index (κ2) is 5.76. The number of benzene rings is 2. The van der Waals surface area contributed by atoms with Crippen molar-refractivity contribution >= 4 is 18.8 Å². The molecular weight excluding hydrogens is 265 g/mol. The molecule has 3 heteroatoms. The van der Waals surface area contributed by atoms with Crippen LogP contribution in [-0.4, -0.2) is 11.4 Å². The average Bonchev–Trinajstić information content (AvgIpc) is 2.45. The van der Waals surface area contributed by atoms with Gasteiger partial charge >= 0.3 is 0 Å². The summed E-state index contributed by atoms with van der Waals surface area (Å²) in [7, 11) is -2.85. The van der Waals surface area contributed by atoms with E-state index in [2.05, 4.69) is 4.76 Å². The Kier molecular flexibility index (Phi) is 4.25. The van der Waals surface area contributed by atoms with Crippen LogP contribution in [0, 0.1) is 0 Å². The number of rotatable bonds is 3. The Morgan fingerprint density at radius 2 is 1.40 bits per heavy atom. The Hall–Kier alpha value is -1.66. The minimum atomic E-state index is -2.85. The van der Waals surface area contributed by atoms with E-state index in [9.17, 15) is 4.57 Å². The molecule has 0 aliphatic carbocycles. The normalized spacial score (nSPS) is 15.2. The zero-order chi connectivity index (χ0) is 14.6. The Morgan fingerprint density at radius 1 is 0.900 bits per heavy atom. The fourth-order valence-corrected chi connectivity index (χ4v) is 4.07. The second-order valence-electron chi connectivity index (χ2n) is 5.74. The van der Waals surface area contributed by atoms with Gasteiger partial charge in [-0.3, -0.25) is 4.57 Å². The van der Waals surface area contributed by atoms with Crippen LogP contribution in [0.5, 0.6) is 0 Å². The van der Waals surface area contributed by atoms with E-state index >= 15 is 0 Å². The molecule has 0 aliphatic heterocycles. The molecule has 0 radical (unpaired) electrons. The molecule has 0 N–H and O–H groups in total. The van der Waals surface area contributed by atoms with Crippen LogP contribution in [-0.2, 0) is 4.57 Å². The molecule has 0 aromatic heterocycles. The van der Waals surface area contributed by atoms with E-state index in [-0.39, 0.29) is 0 Å². The maximum atomic E-state index is 13.4. The maximum Gasteiger partial charge on any atom is 0.223 e. The smallest absolute Gasteiger partial charge is 0.223 e. The first-order chi connectivity index (χ1) is 9.43. The molecule has 104 valence electrons. The largest absolute Gasteiger partial charge is 0.293 e. The van der Waals surface area contributed by atoms with Crippen molar-refractivity contribution in [1.82, 2.24) is 0 Å². The predicted molar refractivity (Wildman–Crippen MR) is 87.5 cm³/mol. The third-order valence-corrected chi connectivity index (χ3v) is 6.44. The summed E-state index contributed by atoms with van der Waals surface area (Å²) in [6.07, 6.45) is 1.72. The third kappa shape index (κ3) is 3.08. The fraction of sp³-hybridized carbons (Fsp3) is 0.235. The van der Waals surface area contributed by atoms with Gasteiger partial charge in [0.05, 0.1) is 0 Å². The van der Waals surface area contributed by atoms with Crippen molar-refractivity contribution in [2.45, 2.75) is 25.9 Å².